The number of halogens is 1. The van der Waals surface area contributed by atoms with Gasteiger partial charge in [0, 0.05) is 0 Å². The van der Waals surface area contributed by atoms with Gasteiger partial charge in [-0.25, -0.2) is 4.79 Å². The van der Waals surface area contributed by atoms with E-state index in [1.54, 1.807) is 0 Å². The van der Waals surface area contributed by atoms with Gasteiger partial charge in [0.2, 0.25) is 0 Å². The molecule has 0 aromatic carbocycles. The number of quaternary nitrogens is 1. The van der Waals surface area contributed by atoms with E-state index < -0.39 is 0 Å². The van der Waals surface area contributed by atoms with Crippen LogP contribution in [0.25, 0.3) is 0 Å². The van der Waals surface area contributed by atoms with Crippen LogP contribution in [0.3, 0.4) is 0 Å². The maximum Gasteiger partial charge on any atom is 0.407 e. The minimum Gasteiger partial charge on any atom is -1.00 e. The number of cyclic esters (lactones) is 1. The van der Waals surface area contributed by atoms with Gasteiger partial charge in [0.15, 0.2) is 0 Å². The first kappa shape index (κ1) is 12.5. The van der Waals surface area contributed by atoms with Crippen LogP contribution in [0.1, 0.15) is 6.92 Å². The van der Waals surface area contributed by atoms with Crippen LogP contribution in [-0.2, 0) is 4.74 Å². The highest BCUT2D eigenvalue weighted by Crippen LogP contribution is 2.14. The van der Waals surface area contributed by atoms with E-state index in [9.17, 15) is 4.79 Å². The number of amides is 1. The van der Waals surface area contributed by atoms with Crippen LogP contribution in [0.2, 0.25) is 0 Å². The predicted molar refractivity (Wildman–Crippen MR) is 45.8 cm³/mol. The molecule has 1 aliphatic heterocycles. The first-order chi connectivity index (χ1) is 5.31. The smallest absolute Gasteiger partial charge is 0.407 e. The molecule has 1 saturated heterocycles. The summed E-state index contributed by atoms with van der Waals surface area (Å²) in [7, 11) is 6.28. The number of nitrogens with zero attached hydrogens (tertiary/aromatic N) is 1. The molecule has 1 rings (SSSR count). The summed E-state index contributed by atoms with van der Waals surface area (Å²) in [4.78, 5) is 10.8. The monoisotopic (exact) mass is 208 g/mol. The molecule has 0 aliphatic carbocycles. The van der Waals surface area contributed by atoms with E-state index in [4.69, 9.17) is 4.74 Å². The minimum absolute atomic E-state index is 0. The summed E-state index contributed by atoms with van der Waals surface area (Å²) in [5.74, 6) is 0. The molecule has 1 fully saturated rings. The summed E-state index contributed by atoms with van der Waals surface area (Å²) in [5.41, 5.74) is -0.199. The lowest BCUT2D eigenvalue weighted by molar-refractivity contribution is -0.874. The number of hydrogen-bond donors (Lipinski definition) is 1. The zero-order chi connectivity index (χ0) is 9.41. The van der Waals surface area contributed by atoms with Gasteiger partial charge in [-0.15, -0.1) is 0 Å². The average molecular weight is 209 g/mol. The van der Waals surface area contributed by atoms with Crippen molar-refractivity contribution >= 4 is 6.09 Å². The molecule has 0 bridgehead atoms. The van der Waals surface area contributed by atoms with Crippen molar-refractivity contribution in [1.82, 2.24) is 5.32 Å². The summed E-state index contributed by atoms with van der Waals surface area (Å²) >= 11 is 0. The van der Waals surface area contributed by atoms with E-state index in [-0.39, 0.29) is 24.0 Å². The Morgan fingerprint density at radius 2 is 2.08 bits per heavy atom. The van der Waals surface area contributed by atoms with Gasteiger partial charge in [-0.3, -0.25) is 0 Å². The van der Waals surface area contributed by atoms with Gasteiger partial charge in [-0.2, -0.15) is 0 Å². The summed E-state index contributed by atoms with van der Waals surface area (Å²) in [6, 6.07) is 0. The molecule has 1 heterocycles. The van der Waals surface area contributed by atoms with Crippen molar-refractivity contribution in [2.45, 2.75) is 12.5 Å². The van der Waals surface area contributed by atoms with Crippen molar-refractivity contribution in [3.8, 4) is 0 Å². The van der Waals surface area contributed by atoms with Gasteiger partial charge in [0.25, 0.3) is 0 Å². The van der Waals surface area contributed by atoms with Crippen molar-refractivity contribution in [2.75, 3.05) is 34.3 Å². The third-order valence-corrected chi connectivity index (χ3v) is 1.75. The van der Waals surface area contributed by atoms with E-state index in [0.717, 1.165) is 11.0 Å². The average Bonchev–Trinajstić information content (AvgIpc) is 2.05. The first-order valence-electron chi connectivity index (χ1n) is 4.06. The standard InChI is InChI=1S/C8H16N2O2.ClH/c1-8(5-10(2,3)4)6-12-7(11)9-8;/h5-6H2,1-4H3;1H. The number of carbonyl (C=O) groups is 1. The largest absolute Gasteiger partial charge is 1.00 e. The van der Waals surface area contributed by atoms with E-state index in [2.05, 4.69) is 26.5 Å². The molecule has 1 amide bonds. The van der Waals surface area contributed by atoms with Crippen molar-refractivity contribution < 1.29 is 26.4 Å². The van der Waals surface area contributed by atoms with Crippen molar-refractivity contribution in [3.63, 3.8) is 0 Å². The Balaban J connectivity index is 0.00000144. The Morgan fingerprint density at radius 3 is 2.38 bits per heavy atom. The molecular formula is C8H17ClN2O2. The molecular weight excluding hydrogens is 192 g/mol. The van der Waals surface area contributed by atoms with E-state index >= 15 is 0 Å². The number of rotatable bonds is 2. The fourth-order valence-electron chi connectivity index (χ4n) is 1.68. The van der Waals surface area contributed by atoms with Gasteiger partial charge in [0.05, 0.1) is 21.1 Å². The first-order valence-corrected chi connectivity index (χ1v) is 4.06. The SMILES string of the molecule is CC1(C[N+](C)(C)C)COC(=O)N1.[Cl-]. The summed E-state index contributed by atoms with van der Waals surface area (Å²) < 4.78 is 5.67. The third-order valence-electron chi connectivity index (χ3n) is 1.75. The topological polar surface area (TPSA) is 38.3 Å². The lowest BCUT2D eigenvalue weighted by Gasteiger charge is -2.32. The molecule has 0 spiro atoms. The number of nitrogens with one attached hydrogen (secondary N) is 1. The Labute approximate surface area is 85.2 Å². The second kappa shape index (κ2) is 3.72. The summed E-state index contributed by atoms with van der Waals surface area (Å²) in [6.45, 7) is 3.35. The van der Waals surface area contributed by atoms with Crippen LogP contribution in [0.15, 0.2) is 0 Å². The van der Waals surface area contributed by atoms with Crippen LogP contribution in [0.5, 0.6) is 0 Å². The highest BCUT2D eigenvalue weighted by molar-refractivity contribution is 5.70. The van der Waals surface area contributed by atoms with Crippen molar-refractivity contribution in [3.05, 3.63) is 0 Å². The molecule has 1 aliphatic rings. The molecule has 0 radical (unpaired) electrons. The lowest BCUT2D eigenvalue weighted by atomic mass is 10.0. The maximum atomic E-state index is 10.8. The number of carbonyl (C=O) groups excluding carboxylic acids is 1. The normalized spacial score (nSPS) is 27.5. The molecule has 1 N–H and O–H groups in total. The molecule has 0 aromatic heterocycles. The van der Waals surface area contributed by atoms with Gasteiger partial charge in [-0.05, 0) is 6.92 Å². The second-order valence-corrected chi connectivity index (χ2v) is 4.71. The maximum absolute atomic E-state index is 10.8. The van der Waals surface area contributed by atoms with E-state index in [1.807, 2.05) is 6.92 Å². The Kier molecular flexibility index (Phi) is 3.58. The molecule has 1 unspecified atom stereocenters. The Bertz CT molecular complexity index is 203. The van der Waals surface area contributed by atoms with Crippen LogP contribution >= 0.6 is 0 Å². The highest BCUT2D eigenvalue weighted by atomic mass is 35.5. The van der Waals surface area contributed by atoms with Crippen LogP contribution in [0.4, 0.5) is 4.79 Å². The molecule has 4 nitrogen and oxygen atoms in total. The zero-order valence-corrected chi connectivity index (χ0v) is 9.31. The van der Waals surface area contributed by atoms with Crippen molar-refractivity contribution in [2.24, 2.45) is 0 Å². The quantitative estimate of drug-likeness (QED) is 0.498. The second-order valence-electron chi connectivity index (χ2n) is 4.71. The van der Waals surface area contributed by atoms with Gasteiger partial charge >= 0.3 is 6.09 Å². The lowest BCUT2D eigenvalue weighted by Crippen LogP contribution is -3.00. The van der Waals surface area contributed by atoms with Crippen LogP contribution < -0.4 is 17.7 Å². The molecule has 5 heteroatoms. The molecule has 1 atom stereocenters. The predicted octanol–water partition coefficient (Wildman–Crippen LogP) is -2.80. The number of ether oxygens (including phenoxy) is 1. The highest BCUT2D eigenvalue weighted by Gasteiger charge is 2.39. The fourth-order valence-corrected chi connectivity index (χ4v) is 1.68. The van der Waals surface area contributed by atoms with Gasteiger partial charge < -0.3 is 26.9 Å². The number of alkyl carbamates (subject to hydrolysis) is 1. The van der Waals surface area contributed by atoms with E-state index in [0.29, 0.717) is 6.61 Å². The van der Waals surface area contributed by atoms with Crippen molar-refractivity contribution in [1.29, 1.82) is 0 Å². The fraction of sp³-hybridized carbons (Fsp3) is 0.875. The summed E-state index contributed by atoms with van der Waals surface area (Å²) in [6.07, 6.45) is -0.300. The Morgan fingerprint density at radius 1 is 1.54 bits per heavy atom. The molecule has 13 heavy (non-hydrogen) atoms. The third kappa shape index (κ3) is 3.83. The van der Waals surface area contributed by atoms with Crippen LogP contribution in [0, 0.1) is 0 Å². The molecule has 0 saturated carbocycles. The zero-order valence-electron chi connectivity index (χ0n) is 8.56. The Hall–Kier alpha value is -0.480. The molecule has 78 valence electrons. The minimum atomic E-state index is -0.300. The van der Waals surface area contributed by atoms with Crippen LogP contribution in [-0.4, -0.2) is 50.4 Å². The summed E-state index contributed by atoms with van der Waals surface area (Å²) in [5, 5.41) is 2.81. The number of hydrogen-bond acceptors (Lipinski definition) is 2. The van der Waals surface area contributed by atoms with Gasteiger partial charge in [0.1, 0.15) is 18.7 Å². The molecule has 0 aromatic rings. The van der Waals surface area contributed by atoms with Gasteiger partial charge in [-0.1, -0.05) is 0 Å². The number of likely N-dealkylation sites (N-methyl/N-ethyl adjacent to an activating group) is 1. The van der Waals surface area contributed by atoms with E-state index in [1.165, 1.54) is 0 Å².